The van der Waals surface area contributed by atoms with Crippen molar-refractivity contribution in [2.45, 2.75) is 6.92 Å². The molecule has 0 saturated carbocycles. The molecule has 0 bridgehead atoms. The van der Waals surface area contributed by atoms with E-state index in [0.717, 1.165) is 5.39 Å². The van der Waals surface area contributed by atoms with Crippen molar-refractivity contribution in [1.82, 2.24) is 10.1 Å². The summed E-state index contributed by atoms with van der Waals surface area (Å²) in [6.07, 6.45) is 3.30. The average molecular weight is 215 g/mol. The quantitative estimate of drug-likeness (QED) is 0.674. The molecule has 0 aliphatic carbocycles. The van der Waals surface area contributed by atoms with E-state index in [4.69, 9.17) is 14.7 Å². The van der Waals surface area contributed by atoms with Crippen LogP contribution in [0.5, 0.6) is 0 Å². The second kappa shape index (κ2) is 3.10. The molecule has 3 aromatic heterocycles. The summed E-state index contributed by atoms with van der Waals surface area (Å²) >= 11 is 0. The highest BCUT2D eigenvalue weighted by molar-refractivity contribution is 5.96. The number of hydrogen-bond donors (Lipinski definition) is 1. The lowest BCUT2D eigenvalue weighted by atomic mass is 10.2. The molecule has 16 heavy (non-hydrogen) atoms. The van der Waals surface area contributed by atoms with Gasteiger partial charge in [0, 0.05) is 17.6 Å². The lowest BCUT2D eigenvalue weighted by Crippen LogP contribution is -1.85. The third-order valence-corrected chi connectivity index (χ3v) is 2.39. The Morgan fingerprint density at radius 3 is 2.94 bits per heavy atom. The number of pyridine rings is 1. The van der Waals surface area contributed by atoms with Crippen LogP contribution in [0.1, 0.15) is 5.76 Å². The van der Waals surface area contributed by atoms with E-state index >= 15 is 0 Å². The van der Waals surface area contributed by atoms with Crippen LogP contribution in [0.15, 0.2) is 33.5 Å². The number of anilines is 1. The minimum Gasteiger partial charge on any atom is -0.450 e. The normalized spacial score (nSPS) is 11.1. The van der Waals surface area contributed by atoms with Gasteiger partial charge in [-0.3, -0.25) is 4.98 Å². The average Bonchev–Trinajstić information content (AvgIpc) is 2.84. The van der Waals surface area contributed by atoms with E-state index in [-0.39, 0.29) is 0 Å². The molecule has 0 aromatic carbocycles. The topological polar surface area (TPSA) is 78.1 Å². The smallest absolute Gasteiger partial charge is 0.180 e. The maximum absolute atomic E-state index is 5.98. The zero-order valence-corrected chi connectivity index (χ0v) is 8.60. The second-order valence-electron chi connectivity index (χ2n) is 3.54. The van der Waals surface area contributed by atoms with E-state index in [0.29, 0.717) is 28.5 Å². The van der Waals surface area contributed by atoms with Crippen LogP contribution in [0.4, 0.5) is 5.69 Å². The summed E-state index contributed by atoms with van der Waals surface area (Å²) in [6.45, 7) is 1.82. The number of furan rings is 1. The molecule has 5 nitrogen and oxygen atoms in total. The Morgan fingerprint density at radius 2 is 2.25 bits per heavy atom. The molecule has 0 aliphatic heterocycles. The minimum atomic E-state index is 0.528. The minimum absolute atomic E-state index is 0.528. The summed E-state index contributed by atoms with van der Waals surface area (Å²) in [5.41, 5.74) is 7.79. The second-order valence-corrected chi connectivity index (χ2v) is 3.54. The zero-order chi connectivity index (χ0) is 11.1. The molecule has 0 amide bonds. The molecular weight excluding hydrogens is 206 g/mol. The highest BCUT2D eigenvalue weighted by Gasteiger charge is 2.16. The van der Waals surface area contributed by atoms with Crippen molar-refractivity contribution >= 4 is 16.7 Å². The van der Waals surface area contributed by atoms with Crippen molar-refractivity contribution in [3.05, 3.63) is 30.3 Å². The molecule has 3 rings (SSSR count). The molecule has 3 aromatic rings. The third kappa shape index (κ3) is 1.18. The van der Waals surface area contributed by atoms with Crippen LogP contribution in [0.3, 0.4) is 0 Å². The Morgan fingerprint density at radius 1 is 1.38 bits per heavy atom. The van der Waals surface area contributed by atoms with Gasteiger partial charge in [0.05, 0.1) is 11.9 Å². The van der Waals surface area contributed by atoms with Crippen LogP contribution in [0, 0.1) is 6.92 Å². The first-order chi connectivity index (χ1) is 7.75. The van der Waals surface area contributed by atoms with Gasteiger partial charge in [0.25, 0.3) is 0 Å². The third-order valence-electron chi connectivity index (χ3n) is 2.39. The SMILES string of the molecule is Cc1cc(-c2oc3cnccc3c2N)no1. The zero-order valence-electron chi connectivity index (χ0n) is 8.60. The van der Waals surface area contributed by atoms with E-state index in [1.165, 1.54) is 0 Å². The van der Waals surface area contributed by atoms with Gasteiger partial charge in [-0.25, -0.2) is 0 Å². The van der Waals surface area contributed by atoms with Gasteiger partial charge in [-0.05, 0) is 13.0 Å². The summed E-state index contributed by atoms with van der Waals surface area (Å²) in [6, 6.07) is 3.59. The molecule has 2 N–H and O–H groups in total. The number of fused-ring (bicyclic) bond motifs is 1. The fraction of sp³-hybridized carbons (Fsp3) is 0.0909. The number of nitrogens with two attached hydrogens (primary N) is 1. The van der Waals surface area contributed by atoms with Crippen molar-refractivity contribution in [2.24, 2.45) is 0 Å². The maximum atomic E-state index is 5.98. The summed E-state index contributed by atoms with van der Waals surface area (Å²) in [4.78, 5) is 3.97. The molecule has 0 saturated heterocycles. The van der Waals surface area contributed by atoms with Crippen molar-refractivity contribution in [1.29, 1.82) is 0 Å². The maximum Gasteiger partial charge on any atom is 0.180 e. The highest BCUT2D eigenvalue weighted by atomic mass is 16.5. The van der Waals surface area contributed by atoms with Gasteiger partial charge in [0.1, 0.15) is 5.76 Å². The molecule has 0 spiro atoms. The Balaban J connectivity index is 2.28. The van der Waals surface area contributed by atoms with Gasteiger partial charge in [-0.2, -0.15) is 0 Å². The Bertz CT molecular complexity index is 654. The van der Waals surface area contributed by atoms with Crippen LogP contribution < -0.4 is 5.73 Å². The number of hydrogen-bond acceptors (Lipinski definition) is 5. The van der Waals surface area contributed by atoms with Crippen molar-refractivity contribution in [3.8, 4) is 11.5 Å². The lowest BCUT2D eigenvalue weighted by Gasteiger charge is -1.89. The number of aromatic nitrogens is 2. The number of nitrogens with zero attached hydrogens (tertiary/aromatic N) is 2. The Kier molecular flexibility index (Phi) is 1.73. The van der Waals surface area contributed by atoms with Gasteiger partial charge in [0.2, 0.25) is 0 Å². The number of nitrogen functional groups attached to an aromatic ring is 1. The summed E-state index contributed by atoms with van der Waals surface area (Å²) in [7, 11) is 0. The molecule has 0 unspecified atom stereocenters. The predicted octanol–water partition coefficient (Wildman–Crippen LogP) is 2.37. The number of aryl methyl sites for hydroxylation is 1. The first-order valence-electron chi connectivity index (χ1n) is 4.81. The van der Waals surface area contributed by atoms with E-state index < -0.39 is 0 Å². The standard InChI is InChI=1S/C11H9N3O2/c1-6-4-8(14-16-6)11-10(12)7-2-3-13-5-9(7)15-11/h2-5H,12H2,1H3. The first-order valence-corrected chi connectivity index (χ1v) is 4.81. The summed E-state index contributed by atoms with van der Waals surface area (Å²) < 4.78 is 10.6. The van der Waals surface area contributed by atoms with E-state index in [9.17, 15) is 0 Å². The Labute approximate surface area is 90.9 Å². The van der Waals surface area contributed by atoms with Gasteiger partial charge >= 0.3 is 0 Å². The molecule has 5 heteroatoms. The fourth-order valence-electron chi connectivity index (χ4n) is 1.63. The Hall–Kier alpha value is -2.30. The predicted molar refractivity (Wildman–Crippen MR) is 58.7 cm³/mol. The molecule has 0 atom stereocenters. The summed E-state index contributed by atoms with van der Waals surface area (Å²) in [5, 5.41) is 4.71. The van der Waals surface area contributed by atoms with E-state index in [1.54, 1.807) is 18.5 Å². The van der Waals surface area contributed by atoms with E-state index in [2.05, 4.69) is 10.1 Å². The monoisotopic (exact) mass is 215 g/mol. The number of rotatable bonds is 1. The molecular formula is C11H9N3O2. The van der Waals surface area contributed by atoms with Crippen LogP contribution in [0.2, 0.25) is 0 Å². The van der Waals surface area contributed by atoms with E-state index in [1.807, 2.05) is 13.0 Å². The summed E-state index contributed by atoms with van der Waals surface area (Å²) in [5.74, 6) is 1.24. The molecule has 0 aliphatic rings. The molecule has 0 radical (unpaired) electrons. The van der Waals surface area contributed by atoms with Gasteiger partial charge in [-0.1, -0.05) is 5.16 Å². The van der Waals surface area contributed by atoms with Crippen LogP contribution in [-0.2, 0) is 0 Å². The van der Waals surface area contributed by atoms with Crippen LogP contribution in [0.25, 0.3) is 22.4 Å². The first kappa shape index (κ1) is 8.96. The van der Waals surface area contributed by atoms with Crippen LogP contribution in [-0.4, -0.2) is 10.1 Å². The lowest BCUT2D eigenvalue weighted by molar-refractivity contribution is 0.398. The van der Waals surface area contributed by atoms with Gasteiger partial charge < -0.3 is 14.7 Å². The van der Waals surface area contributed by atoms with Crippen molar-refractivity contribution in [3.63, 3.8) is 0 Å². The van der Waals surface area contributed by atoms with Crippen LogP contribution >= 0.6 is 0 Å². The fourth-order valence-corrected chi connectivity index (χ4v) is 1.63. The highest BCUT2D eigenvalue weighted by Crippen LogP contribution is 2.34. The molecule has 3 heterocycles. The largest absolute Gasteiger partial charge is 0.450 e. The molecule has 0 fully saturated rings. The molecule has 80 valence electrons. The van der Waals surface area contributed by atoms with Crippen molar-refractivity contribution < 1.29 is 8.94 Å². The van der Waals surface area contributed by atoms with Gasteiger partial charge in [0.15, 0.2) is 17.0 Å². The van der Waals surface area contributed by atoms with Crippen molar-refractivity contribution in [2.75, 3.05) is 5.73 Å². The van der Waals surface area contributed by atoms with Gasteiger partial charge in [-0.15, -0.1) is 0 Å².